The first kappa shape index (κ1) is 23.7. The lowest BCUT2D eigenvalue weighted by Gasteiger charge is -2.37. The second-order valence-corrected chi connectivity index (χ2v) is 9.51. The first-order chi connectivity index (χ1) is 15.9. The molecular weight excluding hydrogens is 506 g/mol. The Labute approximate surface area is 206 Å². The van der Waals surface area contributed by atoms with E-state index < -0.39 is 11.9 Å². The molecule has 7 heteroatoms. The van der Waals surface area contributed by atoms with E-state index in [1.165, 1.54) is 0 Å². The highest BCUT2D eigenvalue weighted by molar-refractivity contribution is 9.10. The number of carbonyl (C=O) groups is 2. The van der Waals surface area contributed by atoms with Crippen molar-refractivity contribution in [3.63, 3.8) is 0 Å². The fourth-order valence-corrected chi connectivity index (χ4v) is 5.24. The minimum absolute atomic E-state index is 0.0270. The number of nitrogens with one attached hydrogen (secondary N) is 1. The lowest BCUT2D eigenvalue weighted by molar-refractivity contribution is -0.140. The van der Waals surface area contributed by atoms with Crippen molar-refractivity contribution >= 4 is 39.3 Å². The maximum Gasteiger partial charge on any atom is 0.336 e. The van der Waals surface area contributed by atoms with E-state index in [4.69, 9.17) is 21.1 Å². The summed E-state index contributed by atoms with van der Waals surface area (Å²) in [5, 5.41) is 4.03. The number of carbonyl (C=O) groups excluding carboxylic acids is 2. The zero-order valence-electron chi connectivity index (χ0n) is 18.5. The van der Waals surface area contributed by atoms with Crippen molar-refractivity contribution in [2.45, 2.75) is 31.6 Å². The van der Waals surface area contributed by atoms with E-state index in [1.54, 1.807) is 7.11 Å². The van der Waals surface area contributed by atoms with Crippen LogP contribution in [0.3, 0.4) is 0 Å². The van der Waals surface area contributed by atoms with Crippen LogP contribution in [0.5, 0.6) is 0 Å². The molecule has 4 rings (SSSR count). The van der Waals surface area contributed by atoms with Crippen molar-refractivity contribution in [2.24, 2.45) is 0 Å². The summed E-state index contributed by atoms with van der Waals surface area (Å²) in [4.78, 5) is 26.7. The van der Waals surface area contributed by atoms with Crippen LogP contribution in [0, 0.1) is 0 Å². The van der Waals surface area contributed by atoms with Crippen molar-refractivity contribution in [3.05, 3.63) is 91.7 Å². The van der Waals surface area contributed by atoms with Gasteiger partial charge in [-0.2, -0.15) is 0 Å². The highest BCUT2D eigenvalue weighted by atomic mass is 79.9. The highest BCUT2D eigenvalue weighted by Gasteiger charge is 2.42. The number of Topliss-reactive ketones (excluding diaryl/α,β-unsaturated/α-hetero) is 1. The number of dihydropyridines is 1. The lowest BCUT2D eigenvalue weighted by Crippen LogP contribution is -2.36. The molecule has 1 heterocycles. The Morgan fingerprint density at radius 1 is 1.12 bits per heavy atom. The molecule has 0 radical (unpaired) electrons. The molecule has 0 bridgehead atoms. The molecule has 172 valence electrons. The molecule has 2 atom stereocenters. The summed E-state index contributed by atoms with van der Waals surface area (Å²) in [5.74, 6) is -0.884. The van der Waals surface area contributed by atoms with Crippen molar-refractivity contribution in [2.75, 3.05) is 20.3 Å². The second-order valence-electron chi connectivity index (χ2n) is 8.22. The molecule has 1 aliphatic carbocycles. The summed E-state index contributed by atoms with van der Waals surface area (Å²) in [6, 6.07) is 15.3. The third-order valence-corrected chi connectivity index (χ3v) is 7.10. The van der Waals surface area contributed by atoms with Crippen molar-refractivity contribution < 1.29 is 19.1 Å². The predicted octanol–water partition coefficient (Wildman–Crippen LogP) is 5.65. The maximum absolute atomic E-state index is 13.6. The average molecular weight is 531 g/mol. The van der Waals surface area contributed by atoms with Crippen LogP contribution < -0.4 is 5.32 Å². The molecule has 0 spiro atoms. The molecule has 0 saturated heterocycles. The van der Waals surface area contributed by atoms with E-state index in [9.17, 15) is 9.59 Å². The molecule has 1 aliphatic heterocycles. The van der Waals surface area contributed by atoms with Gasteiger partial charge < -0.3 is 14.8 Å². The number of allylic oxidation sites excluding steroid dienone is 3. The Balaban J connectivity index is 1.76. The van der Waals surface area contributed by atoms with Gasteiger partial charge in [0.15, 0.2) is 5.78 Å². The maximum atomic E-state index is 13.6. The van der Waals surface area contributed by atoms with Gasteiger partial charge in [0.2, 0.25) is 0 Å². The van der Waals surface area contributed by atoms with Gasteiger partial charge >= 0.3 is 5.97 Å². The van der Waals surface area contributed by atoms with Crippen LogP contribution in [0.2, 0.25) is 5.02 Å². The number of hydrogen-bond acceptors (Lipinski definition) is 5. The summed E-state index contributed by atoms with van der Waals surface area (Å²) in [6.45, 7) is 2.31. The normalized spacial score (nSPS) is 20.4. The summed E-state index contributed by atoms with van der Waals surface area (Å²) < 4.78 is 11.3. The molecule has 0 aromatic heterocycles. The third kappa shape index (κ3) is 4.93. The van der Waals surface area contributed by atoms with Gasteiger partial charge in [0.05, 0.1) is 12.2 Å². The van der Waals surface area contributed by atoms with E-state index in [0.29, 0.717) is 41.3 Å². The number of ketones is 1. The molecular formula is C26H25BrClNO4. The Morgan fingerprint density at radius 2 is 1.85 bits per heavy atom. The first-order valence-corrected chi connectivity index (χ1v) is 12.0. The lowest BCUT2D eigenvalue weighted by atomic mass is 9.72. The van der Waals surface area contributed by atoms with Gasteiger partial charge in [0.25, 0.3) is 0 Å². The molecule has 33 heavy (non-hydrogen) atoms. The Morgan fingerprint density at radius 3 is 2.55 bits per heavy atom. The van der Waals surface area contributed by atoms with Crippen molar-refractivity contribution in [3.8, 4) is 0 Å². The minimum atomic E-state index is -0.509. The SMILES string of the molecule is COCCOC(=O)C1=C(C)NC2=C(C(=O)C[C@H](c3ccc(Cl)cc3)C2)[C@H]1c1ccccc1Br. The van der Waals surface area contributed by atoms with Gasteiger partial charge in [-0.05, 0) is 48.6 Å². The quantitative estimate of drug-likeness (QED) is 0.386. The number of esters is 1. The fourth-order valence-electron chi connectivity index (χ4n) is 4.60. The molecule has 0 amide bonds. The van der Waals surface area contributed by atoms with E-state index >= 15 is 0 Å². The van der Waals surface area contributed by atoms with Crippen LogP contribution in [0.4, 0.5) is 0 Å². The summed E-state index contributed by atoms with van der Waals surface area (Å²) in [6.07, 6.45) is 1.04. The molecule has 2 aromatic rings. The highest BCUT2D eigenvalue weighted by Crippen LogP contribution is 2.47. The number of hydrogen-bond donors (Lipinski definition) is 1. The Kier molecular flexibility index (Phi) is 7.37. The monoisotopic (exact) mass is 529 g/mol. The molecule has 1 N–H and O–H groups in total. The van der Waals surface area contributed by atoms with Gasteiger partial charge in [0, 0.05) is 45.9 Å². The zero-order valence-corrected chi connectivity index (χ0v) is 20.8. The predicted molar refractivity (Wildman–Crippen MR) is 131 cm³/mol. The van der Waals surface area contributed by atoms with Gasteiger partial charge in [0.1, 0.15) is 6.61 Å². The Hall–Kier alpha value is -2.41. The van der Waals surface area contributed by atoms with Crippen LogP contribution in [0.15, 0.2) is 75.5 Å². The van der Waals surface area contributed by atoms with Gasteiger partial charge in [-0.3, -0.25) is 4.79 Å². The summed E-state index contributed by atoms with van der Waals surface area (Å²) in [5.41, 5.74) is 4.58. The second kappa shape index (κ2) is 10.2. The topological polar surface area (TPSA) is 64.6 Å². The van der Waals surface area contributed by atoms with E-state index in [0.717, 1.165) is 21.3 Å². The zero-order chi connectivity index (χ0) is 23.5. The van der Waals surface area contributed by atoms with E-state index in [2.05, 4.69) is 21.2 Å². The van der Waals surface area contributed by atoms with Crippen LogP contribution in [-0.2, 0) is 19.1 Å². The smallest absolute Gasteiger partial charge is 0.336 e. The van der Waals surface area contributed by atoms with Gasteiger partial charge in [-0.1, -0.05) is 57.9 Å². The number of benzene rings is 2. The van der Waals surface area contributed by atoms with Crippen LogP contribution >= 0.6 is 27.5 Å². The Bertz CT molecular complexity index is 1140. The number of rotatable bonds is 6. The fraction of sp³-hybridized carbons (Fsp3) is 0.308. The average Bonchev–Trinajstić information content (AvgIpc) is 2.79. The van der Waals surface area contributed by atoms with Crippen LogP contribution in [0.1, 0.15) is 42.7 Å². The van der Waals surface area contributed by atoms with Gasteiger partial charge in [-0.25, -0.2) is 4.79 Å². The van der Waals surface area contributed by atoms with Crippen molar-refractivity contribution in [1.82, 2.24) is 5.32 Å². The van der Waals surface area contributed by atoms with Gasteiger partial charge in [-0.15, -0.1) is 0 Å². The largest absolute Gasteiger partial charge is 0.460 e. The number of halogens is 2. The first-order valence-electron chi connectivity index (χ1n) is 10.8. The summed E-state index contributed by atoms with van der Waals surface area (Å²) >= 11 is 9.67. The van der Waals surface area contributed by atoms with E-state index in [-0.39, 0.29) is 18.3 Å². The van der Waals surface area contributed by atoms with E-state index in [1.807, 2.05) is 55.5 Å². The van der Waals surface area contributed by atoms with Crippen LogP contribution in [0.25, 0.3) is 0 Å². The molecule has 2 aliphatic rings. The molecule has 2 aromatic carbocycles. The molecule has 5 nitrogen and oxygen atoms in total. The number of ether oxygens (including phenoxy) is 2. The number of methoxy groups -OCH3 is 1. The van der Waals surface area contributed by atoms with Crippen molar-refractivity contribution in [1.29, 1.82) is 0 Å². The van der Waals surface area contributed by atoms with Crippen LogP contribution in [-0.4, -0.2) is 32.1 Å². The minimum Gasteiger partial charge on any atom is -0.460 e. The summed E-state index contributed by atoms with van der Waals surface area (Å²) in [7, 11) is 1.55. The third-order valence-electron chi connectivity index (χ3n) is 6.13. The molecule has 0 fully saturated rings. The molecule has 0 saturated carbocycles. The molecule has 0 unspecified atom stereocenters. The standard InChI is InChI=1S/C26H25BrClNO4/c1-15-23(26(31)33-12-11-32-2)24(19-5-3-4-6-20(19)27)25-21(29-15)13-17(14-22(25)30)16-7-9-18(28)10-8-16/h3-10,17,24,29H,11-14H2,1-2H3/t17-,24+/m1/s1.